The van der Waals surface area contributed by atoms with E-state index in [1.807, 2.05) is 0 Å². The molecule has 62 valence electrons. The molecule has 0 amide bonds. The van der Waals surface area contributed by atoms with E-state index in [2.05, 4.69) is 5.32 Å². The minimum atomic E-state index is -2.43. The molecule has 10 heavy (non-hydrogen) atoms. The van der Waals surface area contributed by atoms with E-state index in [1.165, 1.54) is 6.26 Å². The summed E-state index contributed by atoms with van der Waals surface area (Å²) in [6.07, 6.45) is 1.47. The lowest BCUT2D eigenvalue weighted by molar-refractivity contribution is 0.319. The molecular formula is C5H14N2O2S. The first-order valence-corrected chi connectivity index (χ1v) is 5.21. The molecule has 0 atom stereocenters. The smallest absolute Gasteiger partial charge is 0.0418 e. The van der Waals surface area contributed by atoms with Crippen LogP contribution in [0.2, 0.25) is 0 Å². The van der Waals surface area contributed by atoms with E-state index in [0.29, 0.717) is 0 Å². The molecule has 0 saturated carbocycles. The summed E-state index contributed by atoms with van der Waals surface area (Å²) in [4.78, 5) is 0. The Morgan fingerprint density at radius 2 is 1.80 bits per heavy atom. The Hall–Kier alpha value is 0.190. The van der Waals surface area contributed by atoms with Gasteiger partial charge in [0, 0.05) is 32.4 Å². The first kappa shape index (κ1) is 8.29. The van der Waals surface area contributed by atoms with Gasteiger partial charge in [-0.15, -0.1) is 10.8 Å². The van der Waals surface area contributed by atoms with Crippen molar-refractivity contribution in [2.75, 3.05) is 32.4 Å². The van der Waals surface area contributed by atoms with Gasteiger partial charge in [0.1, 0.15) is 0 Å². The quantitative estimate of drug-likeness (QED) is 0.520. The molecule has 5 heteroatoms. The van der Waals surface area contributed by atoms with Gasteiger partial charge < -0.3 is 5.32 Å². The molecule has 1 fully saturated rings. The molecule has 1 aliphatic rings. The van der Waals surface area contributed by atoms with Gasteiger partial charge in [0.25, 0.3) is 0 Å². The zero-order valence-electron chi connectivity index (χ0n) is 6.08. The largest absolute Gasteiger partial charge is 0.314 e. The van der Waals surface area contributed by atoms with E-state index in [9.17, 15) is 9.11 Å². The van der Waals surface area contributed by atoms with Gasteiger partial charge in [-0.25, -0.2) is 4.31 Å². The molecule has 1 saturated heterocycles. The Morgan fingerprint density at radius 3 is 2.10 bits per heavy atom. The standard InChI is InChI=1S/C5H14N2O2S/c1-10(8,9)7-4-2-6-3-5-7/h6,8-9H,2-5H2,1H3. The van der Waals surface area contributed by atoms with Crippen molar-refractivity contribution < 1.29 is 9.11 Å². The molecular weight excluding hydrogens is 152 g/mol. The minimum Gasteiger partial charge on any atom is -0.314 e. The molecule has 0 aliphatic carbocycles. The predicted molar refractivity (Wildman–Crippen MR) is 43.2 cm³/mol. The van der Waals surface area contributed by atoms with E-state index >= 15 is 0 Å². The summed E-state index contributed by atoms with van der Waals surface area (Å²) in [6, 6.07) is 0. The lowest BCUT2D eigenvalue weighted by atomic mass is 10.4. The van der Waals surface area contributed by atoms with Gasteiger partial charge in [-0.3, -0.25) is 9.11 Å². The fourth-order valence-corrected chi connectivity index (χ4v) is 1.86. The summed E-state index contributed by atoms with van der Waals surface area (Å²) in [7, 11) is -2.43. The van der Waals surface area contributed by atoms with Crippen LogP contribution in [0, 0.1) is 0 Å². The predicted octanol–water partition coefficient (Wildman–Crippen LogP) is 0.187. The Kier molecular flexibility index (Phi) is 2.54. The number of rotatable bonds is 1. The number of hydrogen-bond acceptors (Lipinski definition) is 4. The molecule has 1 heterocycles. The molecule has 3 N–H and O–H groups in total. The van der Waals surface area contributed by atoms with Crippen molar-refractivity contribution in [2.45, 2.75) is 0 Å². The first-order valence-electron chi connectivity index (χ1n) is 3.30. The van der Waals surface area contributed by atoms with Gasteiger partial charge in [-0.05, 0) is 0 Å². The zero-order chi connectivity index (χ0) is 7.61. The molecule has 0 bridgehead atoms. The third-order valence-electron chi connectivity index (χ3n) is 1.57. The van der Waals surface area contributed by atoms with E-state index < -0.39 is 10.8 Å². The fourth-order valence-electron chi connectivity index (χ4n) is 0.990. The molecule has 0 aromatic rings. The summed E-state index contributed by atoms with van der Waals surface area (Å²) in [6.45, 7) is 3.17. The maximum absolute atomic E-state index is 9.18. The van der Waals surface area contributed by atoms with Crippen LogP contribution >= 0.6 is 10.8 Å². The average molecular weight is 166 g/mol. The van der Waals surface area contributed by atoms with Gasteiger partial charge in [-0.1, -0.05) is 0 Å². The summed E-state index contributed by atoms with van der Waals surface area (Å²) < 4.78 is 20.1. The maximum atomic E-state index is 9.18. The van der Waals surface area contributed by atoms with Crippen molar-refractivity contribution in [1.29, 1.82) is 0 Å². The Morgan fingerprint density at radius 1 is 1.30 bits per heavy atom. The molecule has 4 nitrogen and oxygen atoms in total. The van der Waals surface area contributed by atoms with Crippen LogP contribution in [0.1, 0.15) is 0 Å². The topological polar surface area (TPSA) is 55.7 Å². The Labute approximate surface area is 62.7 Å². The molecule has 0 aromatic heterocycles. The first-order chi connectivity index (χ1) is 4.61. The second-order valence-corrected chi connectivity index (χ2v) is 4.57. The highest BCUT2D eigenvalue weighted by molar-refractivity contribution is 8.21. The van der Waals surface area contributed by atoms with Crippen LogP contribution in [-0.4, -0.2) is 45.8 Å². The lowest BCUT2D eigenvalue weighted by Crippen LogP contribution is -2.44. The monoisotopic (exact) mass is 166 g/mol. The number of hydrogen-bond donors (Lipinski definition) is 3. The van der Waals surface area contributed by atoms with Crippen LogP contribution in [0.3, 0.4) is 0 Å². The highest BCUT2D eigenvalue weighted by atomic mass is 32.3. The second-order valence-electron chi connectivity index (χ2n) is 2.47. The second kappa shape index (κ2) is 3.06. The molecule has 0 spiro atoms. The lowest BCUT2D eigenvalue weighted by Gasteiger charge is -2.41. The highest BCUT2D eigenvalue weighted by Gasteiger charge is 2.18. The van der Waals surface area contributed by atoms with Crippen LogP contribution in [0.4, 0.5) is 0 Å². The number of nitrogens with one attached hydrogen (secondary N) is 1. The minimum absolute atomic E-state index is 0.735. The normalized spacial score (nSPS) is 24.7. The SMILES string of the molecule is CS(O)(O)N1CCNCC1. The van der Waals surface area contributed by atoms with Gasteiger partial charge in [-0.2, -0.15) is 0 Å². The van der Waals surface area contributed by atoms with Crippen LogP contribution in [0.25, 0.3) is 0 Å². The Bertz CT molecular complexity index is 109. The van der Waals surface area contributed by atoms with Crippen LogP contribution < -0.4 is 5.32 Å². The van der Waals surface area contributed by atoms with Crippen molar-refractivity contribution >= 4 is 10.8 Å². The highest BCUT2D eigenvalue weighted by Crippen LogP contribution is 2.37. The van der Waals surface area contributed by atoms with Crippen molar-refractivity contribution in [3.63, 3.8) is 0 Å². The Balaban J connectivity index is 2.39. The van der Waals surface area contributed by atoms with Crippen molar-refractivity contribution in [2.24, 2.45) is 0 Å². The molecule has 0 radical (unpaired) electrons. The molecule has 1 rings (SSSR count). The van der Waals surface area contributed by atoms with Crippen LogP contribution in [0.5, 0.6) is 0 Å². The van der Waals surface area contributed by atoms with Gasteiger partial charge in [0.05, 0.1) is 0 Å². The van der Waals surface area contributed by atoms with E-state index in [-0.39, 0.29) is 0 Å². The summed E-state index contributed by atoms with van der Waals surface area (Å²) in [5.41, 5.74) is 0. The van der Waals surface area contributed by atoms with Crippen LogP contribution in [0.15, 0.2) is 0 Å². The van der Waals surface area contributed by atoms with Crippen molar-refractivity contribution in [3.8, 4) is 0 Å². The zero-order valence-corrected chi connectivity index (χ0v) is 6.89. The van der Waals surface area contributed by atoms with Crippen molar-refractivity contribution in [3.05, 3.63) is 0 Å². The van der Waals surface area contributed by atoms with E-state index in [4.69, 9.17) is 0 Å². The van der Waals surface area contributed by atoms with Gasteiger partial charge in [0.15, 0.2) is 0 Å². The van der Waals surface area contributed by atoms with Gasteiger partial charge in [0.2, 0.25) is 0 Å². The van der Waals surface area contributed by atoms with Crippen molar-refractivity contribution in [1.82, 2.24) is 9.62 Å². The fraction of sp³-hybridized carbons (Fsp3) is 1.00. The van der Waals surface area contributed by atoms with Gasteiger partial charge >= 0.3 is 0 Å². The summed E-state index contributed by atoms with van der Waals surface area (Å²) in [5.74, 6) is 0. The van der Waals surface area contributed by atoms with Crippen LogP contribution in [-0.2, 0) is 0 Å². The summed E-state index contributed by atoms with van der Waals surface area (Å²) >= 11 is 0. The third kappa shape index (κ3) is 2.10. The maximum Gasteiger partial charge on any atom is 0.0418 e. The molecule has 0 unspecified atom stereocenters. The third-order valence-corrected chi connectivity index (χ3v) is 2.91. The number of nitrogens with zero attached hydrogens (tertiary/aromatic N) is 1. The molecule has 0 aromatic carbocycles. The summed E-state index contributed by atoms with van der Waals surface area (Å²) in [5, 5.41) is 3.14. The number of piperazine rings is 1. The molecule has 1 aliphatic heterocycles. The van der Waals surface area contributed by atoms with E-state index in [1.54, 1.807) is 4.31 Å². The average Bonchev–Trinajstić information content (AvgIpc) is 1.88. The van der Waals surface area contributed by atoms with E-state index in [0.717, 1.165) is 26.2 Å².